The van der Waals surface area contributed by atoms with Gasteiger partial charge in [-0.3, -0.25) is 4.79 Å². The molecule has 0 aliphatic heterocycles. The Morgan fingerprint density at radius 2 is 2.33 bits per heavy atom. The summed E-state index contributed by atoms with van der Waals surface area (Å²) in [6, 6.07) is 0. The summed E-state index contributed by atoms with van der Waals surface area (Å²) in [5.41, 5.74) is 0. The van der Waals surface area contributed by atoms with Gasteiger partial charge in [-0.2, -0.15) is 0 Å². The Balaban J connectivity index is 2.85. The molecule has 0 bridgehead atoms. The Bertz CT molecular complexity index is 61.8. The molecule has 0 radical (unpaired) electrons. The minimum atomic E-state index is 0.625. The van der Waals surface area contributed by atoms with E-state index in [2.05, 4.69) is 5.32 Å². The molecule has 3 heteroatoms. The molecular weight excluding hydrogens is 76.9 g/mol. The van der Waals surface area contributed by atoms with Gasteiger partial charge >= 0.3 is 0 Å². The molecule has 0 atom stereocenters. The first-order valence-electron chi connectivity index (χ1n) is 1.72. The zero-order chi connectivity index (χ0) is 4.83. The molecule has 0 heterocycles. The molecule has 0 aromatic rings. The quantitative estimate of drug-likeness (QED) is 0.331. The molecule has 0 unspecified atom stereocenters. The van der Waals surface area contributed by atoms with Gasteiger partial charge in [0.1, 0.15) is 7.85 Å². The van der Waals surface area contributed by atoms with Crippen LogP contribution in [0.5, 0.6) is 0 Å². The van der Waals surface area contributed by atoms with Gasteiger partial charge in [0.15, 0.2) is 0 Å². The number of carbonyl (C=O) groups is 1. The Morgan fingerprint density at radius 1 is 1.67 bits per heavy atom. The van der Waals surface area contributed by atoms with Gasteiger partial charge < -0.3 is 5.32 Å². The third kappa shape index (κ3) is 3.27. The van der Waals surface area contributed by atoms with Crippen molar-refractivity contribution in [3.05, 3.63) is 12.2 Å². The van der Waals surface area contributed by atoms with Gasteiger partial charge in [0.2, 0.25) is 6.41 Å². The van der Waals surface area contributed by atoms with E-state index in [0.29, 0.717) is 6.41 Å². The van der Waals surface area contributed by atoms with E-state index in [1.807, 2.05) is 7.85 Å². The molecule has 6 heavy (non-hydrogen) atoms. The smallest absolute Gasteiger partial charge is 0.211 e. The molecule has 0 aliphatic carbocycles. The molecule has 32 valence electrons. The molecular formula is C3H6BNO. The number of carbonyl (C=O) groups excluding carboxylic acids is 1. The van der Waals surface area contributed by atoms with Crippen LogP contribution in [0, 0.1) is 0 Å². The highest BCUT2D eigenvalue weighted by Crippen LogP contribution is 1.47. The van der Waals surface area contributed by atoms with Crippen molar-refractivity contribution >= 4 is 14.3 Å². The number of rotatable bonds is 2. The lowest BCUT2D eigenvalue weighted by Crippen LogP contribution is -1.97. The van der Waals surface area contributed by atoms with Crippen molar-refractivity contribution in [3.63, 3.8) is 0 Å². The Labute approximate surface area is 37.6 Å². The van der Waals surface area contributed by atoms with Crippen LogP contribution < -0.4 is 5.32 Å². The second kappa shape index (κ2) is 4.27. The van der Waals surface area contributed by atoms with Crippen molar-refractivity contribution in [1.82, 2.24) is 5.32 Å². The molecule has 0 aliphatic rings. The normalized spacial score (nSPS) is 8.67. The fraction of sp³-hybridized carbons (Fsp3) is 0. The van der Waals surface area contributed by atoms with E-state index in [4.69, 9.17) is 0 Å². The second-order valence-electron chi connectivity index (χ2n) is 0.785. The minimum Gasteiger partial charge on any atom is -0.336 e. The van der Waals surface area contributed by atoms with Crippen molar-refractivity contribution in [2.75, 3.05) is 0 Å². The third-order valence-electron chi connectivity index (χ3n) is 0.331. The van der Waals surface area contributed by atoms with Crippen molar-refractivity contribution in [2.45, 2.75) is 0 Å². The SMILES string of the molecule is B/C=C\NC=O. The van der Waals surface area contributed by atoms with Gasteiger partial charge in [0.25, 0.3) is 0 Å². The first-order valence-corrected chi connectivity index (χ1v) is 1.72. The zero-order valence-electron chi connectivity index (χ0n) is 3.64. The van der Waals surface area contributed by atoms with Gasteiger partial charge in [-0.25, -0.2) is 0 Å². The van der Waals surface area contributed by atoms with Gasteiger partial charge in [-0.15, -0.1) is 5.98 Å². The lowest BCUT2D eigenvalue weighted by atomic mass is 10.2. The van der Waals surface area contributed by atoms with Gasteiger partial charge in [-0.1, -0.05) is 0 Å². The maximum atomic E-state index is 9.40. The van der Waals surface area contributed by atoms with E-state index >= 15 is 0 Å². The van der Waals surface area contributed by atoms with E-state index in [1.165, 1.54) is 0 Å². The topological polar surface area (TPSA) is 29.1 Å². The lowest BCUT2D eigenvalue weighted by molar-refractivity contribution is -0.108. The van der Waals surface area contributed by atoms with E-state index in [-0.39, 0.29) is 0 Å². The summed E-state index contributed by atoms with van der Waals surface area (Å²) in [5.74, 6) is 1.74. The van der Waals surface area contributed by atoms with Crippen LogP contribution in [0.3, 0.4) is 0 Å². The molecule has 0 saturated heterocycles. The van der Waals surface area contributed by atoms with Gasteiger partial charge in [0, 0.05) is 0 Å². The van der Waals surface area contributed by atoms with Crippen LogP contribution in [0.25, 0.3) is 0 Å². The fourth-order valence-electron chi connectivity index (χ4n) is 0.136. The van der Waals surface area contributed by atoms with Crippen LogP contribution in [0.1, 0.15) is 0 Å². The summed E-state index contributed by atoms with van der Waals surface area (Å²) in [4.78, 5) is 9.40. The maximum absolute atomic E-state index is 9.40. The van der Waals surface area contributed by atoms with Crippen molar-refractivity contribution in [2.24, 2.45) is 0 Å². The van der Waals surface area contributed by atoms with Crippen LogP contribution in [0.2, 0.25) is 0 Å². The van der Waals surface area contributed by atoms with Crippen LogP contribution in [-0.4, -0.2) is 14.3 Å². The largest absolute Gasteiger partial charge is 0.336 e. The number of amides is 1. The predicted octanol–water partition coefficient (Wildman–Crippen LogP) is -1.16. The predicted molar refractivity (Wildman–Crippen MR) is 26.9 cm³/mol. The first-order chi connectivity index (χ1) is 2.91. The molecule has 2 nitrogen and oxygen atoms in total. The van der Waals surface area contributed by atoms with Gasteiger partial charge in [-0.05, 0) is 6.20 Å². The summed E-state index contributed by atoms with van der Waals surface area (Å²) in [7, 11) is 1.83. The van der Waals surface area contributed by atoms with E-state index < -0.39 is 0 Å². The van der Waals surface area contributed by atoms with Crippen molar-refractivity contribution in [1.29, 1.82) is 0 Å². The highest BCUT2D eigenvalue weighted by atomic mass is 16.1. The zero-order valence-corrected chi connectivity index (χ0v) is 3.64. The number of nitrogens with one attached hydrogen (secondary N) is 1. The minimum absolute atomic E-state index is 0.625. The standard InChI is InChI=1S/C3H6BNO/c4-1-2-5-3-6/h1-3H,4H2,(H,5,6)/b2-1-. The summed E-state index contributed by atoms with van der Waals surface area (Å²) in [6.07, 6.45) is 2.19. The average molecular weight is 82.9 g/mol. The molecule has 0 aromatic carbocycles. The summed E-state index contributed by atoms with van der Waals surface area (Å²) in [5, 5.41) is 2.34. The van der Waals surface area contributed by atoms with Gasteiger partial charge in [0.05, 0.1) is 0 Å². The first kappa shape index (κ1) is 5.27. The van der Waals surface area contributed by atoms with E-state index in [9.17, 15) is 4.79 Å². The average Bonchev–Trinajstić information content (AvgIpc) is 1.61. The number of hydrogen-bond donors (Lipinski definition) is 1. The molecule has 0 fully saturated rings. The second-order valence-corrected chi connectivity index (χ2v) is 0.785. The Kier molecular flexibility index (Phi) is 3.76. The highest BCUT2D eigenvalue weighted by molar-refractivity contribution is 6.16. The molecule has 0 aromatic heterocycles. The molecule has 1 amide bonds. The lowest BCUT2D eigenvalue weighted by Gasteiger charge is -1.74. The van der Waals surface area contributed by atoms with Crippen molar-refractivity contribution < 1.29 is 4.79 Å². The highest BCUT2D eigenvalue weighted by Gasteiger charge is 1.56. The monoisotopic (exact) mass is 83.1 g/mol. The van der Waals surface area contributed by atoms with Crippen LogP contribution in [-0.2, 0) is 4.79 Å². The fourth-order valence-corrected chi connectivity index (χ4v) is 0.136. The van der Waals surface area contributed by atoms with Crippen LogP contribution in [0.4, 0.5) is 0 Å². The molecule has 1 N–H and O–H groups in total. The number of hydrogen-bond acceptors (Lipinski definition) is 1. The molecule has 0 spiro atoms. The Hall–Kier alpha value is -0.725. The summed E-state index contributed by atoms with van der Waals surface area (Å²) >= 11 is 0. The molecule has 0 saturated carbocycles. The Morgan fingerprint density at radius 3 is 2.50 bits per heavy atom. The molecule has 0 rings (SSSR count). The van der Waals surface area contributed by atoms with E-state index in [0.717, 1.165) is 0 Å². The maximum Gasteiger partial charge on any atom is 0.211 e. The van der Waals surface area contributed by atoms with Crippen LogP contribution >= 0.6 is 0 Å². The van der Waals surface area contributed by atoms with Crippen LogP contribution in [0.15, 0.2) is 12.2 Å². The summed E-state index contributed by atoms with van der Waals surface area (Å²) in [6.45, 7) is 0. The van der Waals surface area contributed by atoms with Crippen molar-refractivity contribution in [3.8, 4) is 0 Å². The summed E-state index contributed by atoms with van der Waals surface area (Å²) < 4.78 is 0. The third-order valence-corrected chi connectivity index (χ3v) is 0.331. The van der Waals surface area contributed by atoms with E-state index in [1.54, 1.807) is 12.2 Å².